The summed E-state index contributed by atoms with van der Waals surface area (Å²) in [6.07, 6.45) is 3.92. The fourth-order valence-electron chi connectivity index (χ4n) is 6.01. The molecule has 2 saturated heterocycles. The van der Waals surface area contributed by atoms with Gasteiger partial charge in [0.05, 0.1) is 35.0 Å². The molecule has 3 fully saturated rings. The summed E-state index contributed by atoms with van der Waals surface area (Å²) in [6.45, 7) is 1.96. The van der Waals surface area contributed by atoms with Crippen molar-refractivity contribution in [3.63, 3.8) is 0 Å². The van der Waals surface area contributed by atoms with Crippen LogP contribution < -0.4 is 29.3 Å². The van der Waals surface area contributed by atoms with Crippen LogP contribution in [-0.2, 0) is 10.0 Å². The average Bonchev–Trinajstić information content (AvgIpc) is 3.71. The maximum atomic E-state index is 13.9. The number of amides is 1. The Kier molecular flexibility index (Phi) is 7.58. The van der Waals surface area contributed by atoms with E-state index in [1.165, 1.54) is 18.9 Å². The van der Waals surface area contributed by atoms with E-state index in [2.05, 4.69) is 14.9 Å². The van der Waals surface area contributed by atoms with E-state index in [0.29, 0.717) is 58.4 Å². The highest BCUT2D eigenvalue weighted by Crippen LogP contribution is 2.54. The van der Waals surface area contributed by atoms with E-state index in [9.17, 15) is 22.0 Å². The molecular weight excluding hydrogens is 570 g/mol. The Morgan fingerprint density at radius 3 is 2.21 bits per heavy atom. The summed E-state index contributed by atoms with van der Waals surface area (Å²) in [5.41, 5.74) is 2.73. The first-order chi connectivity index (χ1) is 20.1. The van der Waals surface area contributed by atoms with Crippen molar-refractivity contribution in [2.75, 3.05) is 71.6 Å². The Morgan fingerprint density at radius 2 is 1.52 bits per heavy atom. The van der Waals surface area contributed by atoms with Crippen molar-refractivity contribution in [1.82, 2.24) is 0 Å². The topological polar surface area (TPSA) is 120 Å². The van der Waals surface area contributed by atoms with Crippen molar-refractivity contribution in [1.29, 1.82) is 0 Å². The summed E-state index contributed by atoms with van der Waals surface area (Å²) >= 11 is 0. The molecule has 1 aliphatic carbocycles. The summed E-state index contributed by atoms with van der Waals surface area (Å²) in [5.74, 6) is -2.62. The number of aliphatic hydroxyl groups is 1. The Labute approximate surface area is 244 Å². The Balaban J connectivity index is 1.29. The zero-order valence-corrected chi connectivity index (χ0v) is 24.1. The number of nitrogens with one attached hydrogen (secondary N) is 2. The molecule has 1 amide bonds. The number of ether oxygens (including phenoxy) is 2. The predicted octanol–water partition coefficient (Wildman–Crippen LogP) is 4.06. The number of alkyl halides is 2. The zero-order chi connectivity index (χ0) is 29.5. The summed E-state index contributed by atoms with van der Waals surface area (Å²) in [5, 5.41) is 12.1. The van der Waals surface area contributed by atoms with Gasteiger partial charge in [0.1, 0.15) is 13.2 Å². The van der Waals surface area contributed by atoms with E-state index in [4.69, 9.17) is 14.6 Å². The van der Waals surface area contributed by atoms with Gasteiger partial charge in [-0.1, -0.05) is 0 Å². The number of nitrogens with zero attached hydrogens (tertiary/aromatic N) is 2. The second kappa shape index (κ2) is 11.1. The summed E-state index contributed by atoms with van der Waals surface area (Å²) < 4.78 is 66.5. The highest BCUT2D eigenvalue weighted by Gasteiger charge is 2.44. The summed E-state index contributed by atoms with van der Waals surface area (Å²) in [4.78, 5) is 17.7. The van der Waals surface area contributed by atoms with E-state index in [1.807, 2.05) is 4.90 Å². The molecule has 42 heavy (non-hydrogen) atoms. The molecular formula is C29H36F2N4O6S. The van der Waals surface area contributed by atoms with Crippen LogP contribution in [0.4, 0.5) is 31.5 Å². The molecule has 4 aliphatic rings. The molecule has 0 unspecified atom stereocenters. The van der Waals surface area contributed by atoms with Crippen molar-refractivity contribution in [3.8, 4) is 11.5 Å². The molecule has 3 aliphatic heterocycles. The summed E-state index contributed by atoms with van der Waals surface area (Å²) in [7, 11) is -3.75. The van der Waals surface area contributed by atoms with Gasteiger partial charge >= 0.3 is 0 Å². The van der Waals surface area contributed by atoms with E-state index in [-0.39, 0.29) is 25.9 Å². The largest absolute Gasteiger partial charge is 0.486 e. The minimum absolute atomic E-state index is 0.147. The molecule has 3 N–H and O–H groups in total. The third-order valence-corrected chi connectivity index (χ3v) is 9.98. The minimum atomic E-state index is -3.75. The van der Waals surface area contributed by atoms with Gasteiger partial charge in [0.25, 0.3) is 11.8 Å². The van der Waals surface area contributed by atoms with Crippen molar-refractivity contribution in [3.05, 3.63) is 35.9 Å². The predicted molar refractivity (Wildman–Crippen MR) is 156 cm³/mol. The number of carbonyl (C=O) groups is 1. The number of anilines is 4. The standard InChI is InChI=1S/C29H36F2N4O6S/c30-29(31)7-11-35(12-8-29)24-18-21(19-25-26(24)41-15-14-40-25)32-27(37)22-2-1-20(33-42(38,39)16-13-36)17-23(22)34-9-5-28(3-4-28)6-10-34/h1-2,17-19,33,36H,3-16H2,(H,32,37). The first kappa shape index (κ1) is 28.8. The fourth-order valence-corrected chi connectivity index (χ4v) is 6.84. The quantitative estimate of drug-likeness (QED) is 0.412. The first-order valence-corrected chi connectivity index (χ1v) is 16.1. The van der Waals surface area contributed by atoms with Crippen molar-refractivity contribution >= 4 is 38.7 Å². The highest BCUT2D eigenvalue weighted by atomic mass is 32.2. The lowest BCUT2D eigenvalue weighted by Gasteiger charge is -2.36. The fraction of sp³-hybridized carbons (Fsp3) is 0.552. The van der Waals surface area contributed by atoms with Crippen LogP contribution in [0, 0.1) is 5.41 Å². The van der Waals surface area contributed by atoms with Gasteiger partial charge in [0.15, 0.2) is 11.5 Å². The van der Waals surface area contributed by atoms with Crippen LogP contribution in [0.2, 0.25) is 0 Å². The third kappa shape index (κ3) is 6.22. The molecule has 3 heterocycles. The van der Waals surface area contributed by atoms with Crippen molar-refractivity contribution < 1.29 is 36.6 Å². The molecule has 228 valence electrons. The second-order valence-corrected chi connectivity index (χ2v) is 13.5. The lowest BCUT2D eigenvalue weighted by molar-refractivity contribution is -0.0221. The molecule has 2 aromatic carbocycles. The number of carbonyl (C=O) groups excluding carboxylic acids is 1. The van der Waals surface area contributed by atoms with Crippen molar-refractivity contribution in [2.24, 2.45) is 5.41 Å². The maximum Gasteiger partial charge on any atom is 0.257 e. The van der Waals surface area contributed by atoms with Gasteiger partial charge in [-0.2, -0.15) is 0 Å². The van der Waals surface area contributed by atoms with Gasteiger partial charge in [0, 0.05) is 50.8 Å². The Morgan fingerprint density at radius 1 is 0.881 bits per heavy atom. The molecule has 6 rings (SSSR count). The normalized spacial score (nSPS) is 20.7. The van der Waals surface area contributed by atoms with E-state index >= 15 is 0 Å². The lowest BCUT2D eigenvalue weighted by Crippen LogP contribution is -2.39. The van der Waals surface area contributed by atoms with E-state index in [1.54, 1.807) is 24.3 Å². The average molecular weight is 607 g/mol. The highest BCUT2D eigenvalue weighted by molar-refractivity contribution is 7.92. The second-order valence-electron chi connectivity index (χ2n) is 11.7. The van der Waals surface area contributed by atoms with E-state index in [0.717, 1.165) is 25.9 Å². The molecule has 0 aromatic heterocycles. The van der Waals surface area contributed by atoms with Crippen LogP contribution >= 0.6 is 0 Å². The molecule has 0 atom stereocenters. The van der Waals surface area contributed by atoms with Crippen LogP contribution in [0.25, 0.3) is 0 Å². The van der Waals surface area contributed by atoms with Gasteiger partial charge in [-0.25, -0.2) is 17.2 Å². The number of rotatable bonds is 8. The van der Waals surface area contributed by atoms with Crippen LogP contribution in [0.3, 0.4) is 0 Å². The smallest absolute Gasteiger partial charge is 0.257 e. The molecule has 2 aromatic rings. The van der Waals surface area contributed by atoms with Gasteiger partial charge in [-0.3, -0.25) is 9.52 Å². The number of hydrogen-bond donors (Lipinski definition) is 3. The lowest BCUT2D eigenvalue weighted by atomic mass is 9.93. The Bertz CT molecular complexity index is 1450. The molecule has 1 spiro atoms. The summed E-state index contributed by atoms with van der Waals surface area (Å²) in [6, 6.07) is 8.18. The molecule has 1 saturated carbocycles. The molecule has 13 heteroatoms. The van der Waals surface area contributed by atoms with Gasteiger partial charge in [-0.15, -0.1) is 0 Å². The minimum Gasteiger partial charge on any atom is -0.486 e. The van der Waals surface area contributed by atoms with Gasteiger partial charge in [0.2, 0.25) is 10.0 Å². The van der Waals surface area contributed by atoms with Crippen LogP contribution in [0.1, 0.15) is 48.9 Å². The number of benzene rings is 2. The number of aliphatic hydroxyl groups excluding tert-OH is 1. The van der Waals surface area contributed by atoms with Crippen LogP contribution in [0.5, 0.6) is 11.5 Å². The van der Waals surface area contributed by atoms with Crippen LogP contribution in [0.15, 0.2) is 30.3 Å². The molecule has 10 nitrogen and oxygen atoms in total. The maximum absolute atomic E-state index is 13.9. The SMILES string of the molecule is O=C(Nc1cc2c(c(N3CCC(F)(F)CC3)c1)OCCO2)c1ccc(NS(=O)(=O)CCO)cc1N1CCC2(CC1)CC2. The number of sulfonamides is 1. The molecule has 0 radical (unpaired) electrons. The number of halogens is 2. The number of piperidine rings is 2. The van der Waals surface area contributed by atoms with Gasteiger partial charge in [-0.05, 0) is 55.4 Å². The number of hydrogen-bond acceptors (Lipinski definition) is 8. The van der Waals surface area contributed by atoms with E-state index < -0.39 is 34.2 Å². The first-order valence-electron chi connectivity index (χ1n) is 14.4. The number of fused-ring (bicyclic) bond motifs is 1. The van der Waals surface area contributed by atoms with Gasteiger partial charge < -0.3 is 29.7 Å². The monoisotopic (exact) mass is 606 g/mol. The zero-order valence-electron chi connectivity index (χ0n) is 23.3. The van der Waals surface area contributed by atoms with Crippen LogP contribution in [-0.4, -0.2) is 77.1 Å². The third-order valence-electron chi connectivity index (χ3n) is 8.71. The molecule has 0 bridgehead atoms. The van der Waals surface area contributed by atoms with Crippen molar-refractivity contribution in [2.45, 2.75) is 44.4 Å². The Hall–Kier alpha value is -3.32.